The number of hydrogen-bond acceptors (Lipinski definition) is 6. The molecule has 1 amide bonds. The van der Waals surface area contributed by atoms with Crippen LogP contribution in [0, 0.1) is 12.7 Å². The average Bonchev–Trinajstić information content (AvgIpc) is 3.23. The van der Waals surface area contributed by atoms with Gasteiger partial charge in [0.1, 0.15) is 5.82 Å². The largest absolute Gasteiger partial charge is 0.336 e. The molecule has 2 atom stereocenters. The second kappa shape index (κ2) is 8.16. The fourth-order valence-corrected chi connectivity index (χ4v) is 5.17. The van der Waals surface area contributed by atoms with Crippen molar-refractivity contribution in [2.75, 3.05) is 18.0 Å². The molecule has 3 aliphatic heterocycles. The third-order valence-electron chi connectivity index (χ3n) is 6.89. The summed E-state index contributed by atoms with van der Waals surface area (Å²) in [6, 6.07) is 10.6. The van der Waals surface area contributed by atoms with Gasteiger partial charge in [0.25, 0.3) is 5.91 Å². The summed E-state index contributed by atoms with van der Waals surface area (Å²) in [6.45, 7) is 3.36. The third-order valence-corrected chi connectivity index (χ3v) is 6.89. The number of aryl methyl sites for hydroxylation is 1. The van der Waals surface area contributed by atoms with Gasteiger partial charge in [-0.2, -0.15) is 15.0 Å². The molecule has 3 aliphatic rings. The number of carbonyl (C=O) groups excluding carboxylic acids is 1. The highest BCUT2D eigenvalue weighted by Crippen LogP contribution is 2.32. The van der Waals surface area contributed by atoms with Crippen LogP contribution in [0.4, 0.5) is 10.3 Å². The number of hydrogen-bond donors (Lipinski definition) is 0. The van der Waals surface area contributed by atoms with Gasteiger partial charge < -0.3 is 9.80 Å². The number of piperidine rings is 1. The summed E-state index contributed by atoms with van der Waals surface area (Å²) in [4.78, 5) is 28.8. The van der Waals surface area contributed by atoms with Crippen molar-refractivity contribution < 1.29 is 9.18 Å². The first-order valence-corrected chi connectivity index (χ1v) is 11.5. The molecule has 2 bridgehead atoms. The molecule has 0 unspecified atom stereocenters. The van der Waals surface area contributed by atoms with E-state index in [-0.39, 0.29) is 23.8 Å². The molecule has 2 aromatic heterocycles. The van der Waals surface area contributed by atoms with Crippen molar-refractivity contribution in [1.29, 1.82) is 0 Å². The second-order valence-corrected chi connectivity index (χ2v) is 9.04. The van der Waals surface area contributed by atoms with E-state index in [1.807, 2.05) is 30.0 Å². The van der Waals surface area contributed by atoms with E-state index in [2.05, 4.69) is 20.1 Å². The summed E-state index contributed by atoms with van der Waals surface area (Å²) in [7, 11) is 0. The van der Waals surface area contributed by atoms with Crippen LogP contribution in [0.5, 0.6) is 0 Å². The van der Waals surface area contributed by atoms with Crippen LogP contribution in [0.1, 0.15) is 35.2 Å². The molecule has 34 heavy (non-hydrogen) atoms. The fourth-order valence-electron chi connectivity index (χ4n) is 5.17. The molecule has 3 fully saturated rings. The smallest absolute Gasteiger partial charge is 0.256 e. The molecule has 2 aromatic carbocycles. The van der Waals surface area contributed by atoms with Crippen molar-refractivity contribution in [3.8, 4) is 5.69 Å². The quantitative estimate of drug-likeness (QED) is 0.468. The SMILES string of the molecule is Cc1ccc(-n2nccn2)c(C(=O)N2C[C@H]3CC[C@@H]2CCN3c2ncc3cc(F)ccc3n2)c1. The highest BCUT2D eigenvalue weighted by molar-refractivity contribution is 5.98. The van der Waals surface area contributed by atoms with Gasteiger partial charge >= 0.3 is 0 Å². The predicted molar refractivity (Wildman–Crippen MR) is 125 cm³/mol. The van der Waals surface area contributed by atoms with Gasteiger partial charge in [-0.05, 0) is 56.5 Å². The Kier molecular flexibility index (Phi) is 4.97. The molecular formula is C25H24FN7O. The van der Waals surface area contributed by atoms with Gasteiger partial charge in [0, 0.05) is 36.8 Å². The standard InChI is InChI=1S/C25H24FN7O/c1-16-2-7-23(33-28-9-10-29-33)21(12-16)24(34)32-15-20-5-4-19(32)8-11-31(20)25-27-14-17-13-18(26)3-6-22(17)30-25/h2-3,6-7,9-10,12-14,19-20H,4-5,8,11,15H2,1H3/t19-,20-/m1/s1. The van der Waals surface area contributed by atoms with Crippen LogP contribution in [0.15, 0.2) is 55.0 Å². The summed E-state index contributed by atoms with van der Waals surface area (Å²) in [6.07, 6.45) is 7.65. The van der Waals surface area contributed by atoms with Crippen molar-refractivity contribution in [3.63, 3.8) is 0 Å². The van der Waals surface area contributed by atoms with E-state index in [0.29, 0.717) is 34.6 Å². The van der Waals surface area contributed by atoms with E-state index < -0.39 is 0 Å². The Hall–Kier alpha value is -3.88. The predicted octanol–water partition coefficient (Wildman–Crippen LogP) is 3.54. The van der Waals surface area contributed by atoms with E-state index in [0.717, 1.165) is 31.4 Å². The number of rotatable bonds is 3. The molecule has 0 radical (unpaired) electrons. The molecule has 0 saturated carbocycles. The number of carbonyl (C=O) groups is 1. The fraction of sp³-hybridized carbons (Fsp3) is 0.320. The Bertz CT molecular complexity index is 1370. The van der Waals surface area contributed by atoms with Crippen LogP contribution in [0.25, 0.3) is 16.6 Å². The minimum absolute atomic E-state index is 0.00227. The molecular weight excluding hydrogens is 433 g/mol. The van der Waals surface area contributed by atoms with Gasteiger partial charge in [-0.15, -0.1) is 0 Å². The van der Waals surface area contributed by atoms with Crippen LogP contribution >= 0.6 is 0 Å². The lowest BCUT2D eigenvalue weighted by Crippen LogP contribution is -2.50. The molecule has 9 heteroatoms. The minimum atomic E-state index is -0.299. The zero-order valence-corrected chi connectivity index (χ0v) is 18.8. The lowest BCUT2D eigenvalue weighted by molar-refractivity contribution is 0.0612. The van der Waals surface area contributed by atoms with Gasteiger partial charge in [0.05, 0.1) is 29.2 Å². The molecule has 3 saturated heterocycles. The van der Waals surface area contributed by atoms with Crippen molar-refractivity contribution >= 4 is 22.8 Å². The first kappa shape index (κ1) is 20.7. The van der Waals surface area contributed by atoms with Crippen molar-refractivity contribution in [3.05, 3.63) is 71.9 Å². The highest BCUT2D eigenvalue weighted by Gasteiger charge is 2.39. The second-order valence-electron chi connectivity index (χ2n) is 9.04. The summed E-state index contributed by atoms with van der Waals surface area (Å²) in [5.74, 6) is 0.339. The van der Waals surface area contributed by atoms with Crippen molar-refractivity contribution in [2.24, 2.45) is 0 Å². The number of aromatic nitrogens is 5. The third kappa shape index (κ3) is 3.57. The molecule has 5 heterocycles. The van der Waals surface area contributed by atoms with E-state index in [4.69, 9.17) is 4.98 Å². The zero-order chi connectivity index (χ0) is 23.2. The number of nitrogens with zero attached hydrogens (tertiary/aromatic N) is 7. The summed E-state index contributed by atoms with van der Waals surface area (Å²) in [5.41, 5.74) is 3.03. The molecule has 4 aromatic rings. The minimum Gasteiger partial charge on any atom is -0.336 e. The van der Waals surface area contributed by atoms with Gasteiger partial charge in [0.2, 0.25) is 5.95 Å². The highest BCUT2D eigenvalue weighted by atomic mass is 19.1. The van der Waals surface area contributed by atoms with E-state index in [1.165, 1.54) is 16.9 Å². The van der Waals surface area contributed by atoms with Crippen LogP contribution < -0.4 is 4.90 Å². The number of benzene rings is 2. The van der Waals surface area contributed by atoms with Gasteiger partial charge in [0.15, 0.2) is 0 Å². The van der Waals surface area contributed by atoms with Gasteiger partial charge in [-0.25, -0.2) is 14.4 Å². The lowest BCUT2D eigenvalue weighted by Gasteiger charge is -2.38. The van der Waals surface area contributed by atoms with Crippen molar-refractivity contribution in [1.82, 2.24) is 29.9 Å². The molecule has 0 aliphatic carbocycles. The van der Waals surface area contributed by atoms with Crippen LogP contribution in [0.3, 0.4) is 0 Å². The maximum absolute atomic E-state index is 13.8. The Morgan fingerprint density at radius 1 is 1.03 bits per heavy atom. The molecule has 8 nitrogen and oxygen atoms in total. The maximum Gasteiger partial charge on any atom is 0.256 e. The number of anilines is 1. The maximum atomic E-state index is 13.8. The first-order valence-electron chi connectivity index (χ1n) is 11.5. The Labute approximate surface area is 196 Å². The summed E-state index contributed by atoms with van der Waals surface area (Å²) >= 11 is 0. The van der Waals surface area contributed by atoms with Crippen molar-refractivity contribution in [2.45, 2.75) is 38.3 Å². The first-order chi connectivity index (χ1) is 16.6. The zero-order valence-electron chi connectivity index (χ0n) is 18.8. The molecule has 7 rings (SSSR count). The monoisotopic (exact) mass is 457 g/mol. The molecule has 0 spiro atoms. The normalized spacial score (nSPS) is 20.1. The van der Waals surface area contributed by atoms with Gasteiger partial charge in [-0.1, -0.05) is 11.6 Å². The van der Waals surface area contributed by atoms with E-state index in [9.17, 15) is 9.18 Å². The topological polar surface area (TPSA) is 80.0 Å². The number of halogens is 1. The van der Waals surface area contributed by atoms with Gasteiger partial charge in [-0.3, -0.25) is 4.79 Å². The Morgan fingerprint density at radius 3 is 2.71 bits per heavy atom. The molecule has 172 valence electrons. The Morgan fingerprint density at radius 2 is 1.85 bits per heavy atom. The average molecular weight is 458 g/mol. The number of fused-ring (bicyclic) bond motifs is 5. The van der Waals surface area contributed by atoms with Crippen LogP contribution in [-0.2, 0) is 0 Å². The van der Waals surface area contributed by atoms with E-state index >= 15 is 0 Å². The van der Waals surface area contributed by atoms with E-state index in [1.54, 1.807) is 24.7 Å². The van der Waals surface area contributed by atoms with Crippen LogP contribution in [0.2, 0.25) is 0 Å². The Balaban J connectivity index is 1.31. The summed E-state index contributed by atoms with van der Waals surface area (Å²) < 4.78 is 13.6. The lowest BCUT2D eigenvalue weighted by atomic mass is 9.97. The molecule has 0 N–H and O–H groups in total. The van der Waals surface area contributed by atoms with Crippen LogP contribution in [-0.4, -0.2) is 60.9 Å². The summed E-state index contributed by atoms with van der Waals surface area (Å²) in [5, 5.41) is 9.16. The number of amides is 1.